The molecule has 0 spiro atoms. The Balaban J connectivity index is 1.62. The molecule has 2 heterocycles. The molecule has 1 aliphatic heterocycles. The van der Waals surface area contributed by atoms with Crippen LogP contribution in [-0.4, -0.2) is 53.7 Å². The molecule has 0 N–H and O–H groups in total. The molecule has 2 aromatic rings. The van der Waals surface area contributed by atoms with E-state index in [2.05, 4.69) is 4.98 Å². The Hall–Kier alpha value is -2.67. The Kier molecular flexibility index (Phi) is 5.37. The minimum absolute atomic E-state index is 0.0374. The number of aromatic nitrogens is 1. The van der Waals surface area contributed by atoms with Crippen LogP contribution >= 0.6 is 0 Å². The van der Waals surface area contributed by atoms with Crippen LogP contribution in [0.5, 0.6) is 0 Å². The zero-order valence-corrected chi connectivity index (χ0v) is 15.1. The summed E-state index contributed by atoms with van der Waals surface area (Å²) in [6.07, 6.45) is -0.0748. The third kappa shape index (κ3) is 4.11. The van der Waals surface area contributed by atoms with Gasteiger partial charge in [-0.05, 0) is 32.9 Å². The van der Waals surface area contributed by atoms with Crippen molar-refractivity contribution in [3.8, 4) is 11.5 Å². The van der Waals surface area contributed by atoms with Gasteiger partial charge in [0.2, 0.25) is 5.89 Å². The van der Waals surface area contributed by atoms with E-state index in [1.807, 2.05) is 44.2 Å². The van der Waals surface area contributed by atoms with Gasteiger partial charge in [0.05, 0.1) is 12.2 Å². The van der Waals surface area contributed by atoms with Gasteiger partial charge in [0.1, 0.15) is 5.76 Å². The third-order valence-corrected chi connectivity index (χ3v) is 4.11. The molecule has 1 saturated heterocycles. The quantitative estimate of drug-likeness (QED) is 0.781. The topological polar surface area (TPSA) is 81.9 Å². The van der Waals surface area contributed by atoms with E-state index in [1.165, 1.54) is 0 Å². The second-order valence-electron chi connectivity index (χ2n) is 6.42. The number of carbonyl (C=O) groups is 2. The molecule has 0 aliphatic carbocycles. The fourth-order valence-corrected chi connectivity index (χ4v) is 2.96. The molecule has 1 aromatic carbocycles. The summed E-state index contributed by atoms with van der Waals surface area (Å²) in [5, 5.41) is 0. The zero-order chi connectivity index (χ0) is 18.7. The number of carbonyl (C=O) groups excluding carboxylic acids is 2. The third-order valence-electron chi connectivity index (χ3n) is 4.11. The Morgan fingerprint density at radius 3 is 2.50 bits per heavy atom. The fourth-order valence-electron chi connectivity index (χ4n) is 2.96. The van der Waals surface area contributed by atoms with Crippen LogP contribution in [0.25, 0.3) is 11.5 Å². The minimum Gasteiger partial charge on any atom is -0.451 e. The van der Waals surface area contributed by atoms with Crippen molar-refractivity contribution in [2.24, 2.45) is 0 Å². The lowest BCUT2D eigenvalue weighted by molar-refractivity contribution is -0.146. The highest BCUT2D eigenvalue weighted by molar-refractivity contribution is 5.91. The largest absolute Gasteiger partial charge is 0.451 e. The average molecular weight is 358 g/mol. The predicted molar refractivity (Wildman–Crippen MR) is 93.5 cm³/mol. The number of ether oxygens (including phenoxy) is 2. The van der Waals surface area contributed by atoms with Gasteiger partial charge in [-0.2, -0.15) is 0 Å². The summed E-state index contributed by atoms with van der Waals surface area (Å²) in [5.74, 6) is -0.215. The van der Waals surface area contributed by atoms with E-state index in [9.17, 15) is 9.59 Å². The van der Waals surface area contributed by atoms with Gasteiger partial charge in [0.15, 0.2) is 12.3 Å². The number of esters is 1. The first-order valence-electron chi connectivity index (χ1n) is 8.57. The van der Waals surface area contributed by atoms with Crippen LogP contribution < -0.4 is 0 Å². The number of rotatable bonds is 4. The SMILES string of the molecule is Cc1oc(-c2ccccc2)nc1C(=O)OCC(=O)N1C[C@@H](C)O[C@@H](C)C1. The van der Waals surface area contributed by atoms with Crippen LogP contribution in [0.15, 0.2) is 34.7 Å². The smallest absolute Gasteiger partial charge is 0.361 e. The predicted octanol–water partition coefficient (Wildman–Crippen LogP) is 2.44. The van der Waals surface area contributed by atoms with Gasteiger partial charge in [-0.3, -0.25) is 4.79 Å². The van der Waals surface area contributed by atoms with Crippen LogP contribution in [0.1, 0.15) is 30.1 Å². The molecular formula is C19H22N2O5. The molecule has 7 heteroatoms. The molecule has 7 nitrogen and oxygen atoms in total. The Morgan fingerprint density at radius 1 is 1.19 bits per heavy atom. The van der Waals surface area contributed by atoms with Crippen LogP contribution in [0, 0.1) is 6.92 Å². The van der Waals surface area contributed by atoms with Crippen molar-refractivity contribution in [2.75, 3.05) is 19.7 Å². The number of oxazole rings is 1. The van der Waals surface area contributed by atoms with Crippen molar-refractivity contribution >= 4 is 11.9 Å². The Morgan fingerprint density at radius 2 is 1.85 bits per heavy atom. The van der Waals surface area contributed by atoms with E-state index in [1.54, 1.807) is 11.8 Å². The molecule has 1 amide bonds. The van der Waals surface area contributed by atoms with Crippen LogP contribution in [0.4, 0.5) is 0 Å². The van der Waals surface area contributed by atoms with E-state index >= 15 is 0 Å². The second-order valence-corrected chi connectivity index (χ2v) is 6.42. The van der Waals surface area contributed by atoms with Crippen molar-refractivity contribution in [1.82, 2.24) is 9.88 Å². The number of amides is 1. The molecule has 1 aromatic heterocycles. The summed E-state index contributed by atoms with van der Waals surface area (Å²) in [7, 11) is 0. The van der Waals surface area contributed by atoms with Crippen molar-refractivity contribution in [3.05, 3.63) is 41.8 Å². The highest BCUT2D eigenvalue weighted by Gasteiger charge is 2.27. The number of hydrogen-bond acceptors (Lipinski definition) is 6. The first-order valence-corrected chi connectivity index (χ1v) is 8.57. The number of aryl methyl sites for hydroxylation is 1. The Labute approximate surface area is 151 Å². The number of benzene rings is 1. The molecule has 26 heavy (non-hydrogen) atoms. The van der Waals surface area contributed by atoms with Crippen LogP contribution in [0.3, 0.4) is 0 Å². The molecule has 3 rings (SSSR count). The van der Waals surface area contributed by atoms with Crippen LogP contribution in [-0.2, 0) is 14.3 Å². The lowest BCUT2D eigenvalue weighted by Gasteiger charge is -2.35. The Bertz CT molecular complexity index is 776. The van der Waals surface area contributed by atoms with E-state index in [-0.39, 0.29) is 30.4 Å². The molecule has 138 valence electrons. The van der Waals surface area contributed by atoms with Gasteiger partial charge in [0.25, 0.3) is 5.91 Å². The summed E-state index contributed by atoms with van der Waals surface area (Å²) in [6.45, 7) is 6.11. The first kappa shape index (κ1) is 18.1. The molecule has 0 unspecified atom stereocenters. The van der Waals surface area contributed by atoms with E-state index < -0.39 is 5.97 Å². The van der Waals surface area contributed by atoms with Crippen molar-refractivity contribution in [3.63, 3.8) is 0 Å². The molecular weight excluding hydrogens is 336 g/mol. The first-order chi connectivity index (χ1) is 12.4. The van der Waals surface area contributed by atoms with Gasteiger partial charge >= 0.3 is 5.97 Å². The van der Waals surface area contributed by atoms with Gasteiger partial charge < -0.3 is 18.8 Å². The summed E-state index contributed by atoms with van der Waals surface area (Å²) in [6, 6.07) is 9.27. The standard InChI is InChI=1S/C19H22N2O5/c1-12-9-21(10-13(2)25-12)16(22)11-24-19(23)17-14(3)26-18(20-17)15-7-5-4-6-8-15/h4-8,12-13H,9-11H2,1-3H3/t12-,13+. The van der Waals surface area contributed by atoms with Gasteiger partial charge in [-0.15, -0.1) is 0 Å². The maximum atomic E-state index is 12.3. The van der Waals surface area contributed by atoms with E-state index in [0.29, 0.717) is 24.7 Å². The van der Waals surface area contributed by atoms with Gasteiger partial charge in [-0.1, -0.05) is 18.2 Å². The van der Waals surface area contributed by atoms with Crippen molar-refractivity contribution < 1.29 is 23.5 Å². The summed E-state index contributed by atoms with van der Waals surface area (Å²) >= 11 is 0. The van der Waals surface area contributed by atoms with E-state index in [0.717, 1.165) is 5.56 Å². The molecule has 0 saturated carbocycles. The molecule has 0 radical (unpaired) electrons. The molecule has 0 bridgehead atoms. The summed E-state index contributed by atoms with van der Waals surface area (Å²) < 4.78 is 16.3. The zero-order valence-electron chi connectivity index (χ0n) is 15.1. The monoisotopic (exact) mass is 358 g/mol. The molecule has 1 aliphatic rings. The average Bonchev–Trinajstić information content (AvgIpc) is 3.01. The number of nitrogens with zero attached hydrogens (tertiary/aromatic N) is 2. The lowest BCUT2D eigenvalue weighted by atomic mass is 10.2. The minimum atomic E-state index is -0.670. The molecule has 2 atom stereocenters. The lowest BCUT2D eigenvalue weighted by Crippen LogP contribution is -2.49. The summed E-state index contributed by atoms with van der Waals surface area (Å²) in [5.41, 5.74) is 0.849. The van der Waals surface area contributed by atoms with Crippen molar-refractivity contribution in [2.45, 2.75) is 33.0 Å². The normalized spacial score (nSPS) is 20.0. The summed E-state index contributed by atoms with van der Waals surface area (Å²) in [4.78, 5) is 30.4. The van der Waals surface area contributed by atoms with Gasteiger partial charge in [0, 0.05) is 18.7 Å². The van der Waals surface area contributed by atoms with E-state index in [4.69, 9.17) is 13.9 Å². The van der Waals surface area contributed by atoms with Gasteiger partial charge in [-0.25, -0.2) is 9.78 Å². The van der Waals surface area contributed by atoms with Crippen LogP contribution in [0.2, 0.25) is 0 Å². The second kappa shape index (κ2) is 7.70. The highest BCUT2D eigenvalue weighted by atomic mass is 16.5. The maximum absolute atomic E-state index is 12.3. The fraction of sp³-hybridized carbons (Fsp3) is 0.421. The number of morpholine rings is 1. The maximum Gasteiger partial charge on any atom is 0.361 e. The number of hydrogen-bond donors (Lipinski definition) is 0. The highest BCUT2D eigenvalue weighted by Crippen LogP contribution is 2.22. The molecule has 1 fully saturated rings. The van der Waals surface area contributed by atoms with Crippen molar-refractivity contribution in [1.29, 1.82) is 0 Å².